The number of nitrogens with zero attached hydrogens (tertiary/aromatic N) is 6. The lowest BCUT2D eigenvalue weighted by Gasteiger charge is -2.35. The van der Waals surface area contributed by atoms with E-state index in [9.17, 15) is 9.59 Å². The van der Waals surface area contributed by atoms with Gasteiger partial charge in [-0.05, 0) is 83.3 Å². The largest absolute Gasteiger partial charge is 0.350 e. The highest BCUT2D eigenvalue weighted by molar-refractivity contribution is 8.00. The number of thioether (sulfide) groups is 1. The summed E-state index contributed by atoms with van der Waals surface area (Å²) in [6.07, 6.45) is 8.75. The third kappa shape index (κ3) is 5.27. The Morgan fingerprint density at radius 1 is 1.10 bits per heavy atom. The molecule has 1 aromatic carbocycles. The van der Waals surface area contributed by atoms with Crippen molar-refractivity contribution in [2.24, 2.45) is 11.8 Å². The molecule has 1 fully saturated rings. The first-order valence-electron chi connectivity index (χ1n) is 13.7. The molecule has 3 aliphatic heterocycles. The molecule has 1 N–H and O–H groups in total. The number of para-hydroxylation sites is 1. The van der Waals surface area contributed by atoms with Crippen LogP contribution in [-0.4, -0.2) is 62.3 Å². The zero-order chi connectivity index (χ0) is 26.9. The smallest absolute Gasteiger partial charge is 0.234 e. The number of anilines is 2. The van der Waals surface area contributed by atoms with E-state index >= 15 is 0 Å². The van der Waals surface area contributed by atoms with Crippen LogP contribution in [-0.2, 0) is 17.8 Å². The minimum absolute atomic E-state index is 0.203. The Morgan fingerprint density at radius 2 is 1.97 bits per heavy atom. The van der Waals surface area contributed by atoms with Crippen molar-refractivity contribution in [1.82, 2.24) is 30.4 Å². The summed E-state index contributed by atoms with van der Waals surface area (Å²) in [6.45, 7) is 4.35. The molecule has 0 radical (unpaired) electrons. The van der Waals surface area contributed by atoms with Gasteiger partial charge in [0.1, 0.15) is 11.3 Å². The third-order valence-corrected chi connectivity index (χ3v) is 9.28. The molecule has 0 spiro atoms. The Hall–Kier alpha value is -3.37. The molecule has 0 aliphatic carbocycles. The average Bonchev–Trinajstić information content (AvgIpc) is 3.20. The van der Waals surface area contributed by atoms with E-state index in [1.54, 1.807) is 12.4 Å². The van der Waals surface area contributed by atoms with E-state index in [1.165, 1.54) is 31.0 Å². The topological polar surface area (TPSA) is 104 Å². The Labute approximate surface area is 232 Å². The van der Waals surface area contributed by atoms with Crippen molar-refractivity contribution in [3.8, 4) is 0 Å². The second kappa shape index (κ2) is 11.0. The van der Waals surface area contributed by atoms with Crippen LogP contribution in [0, 0.1) is 18.8 Å². The number of benzene rings is 1. The zero-order valence-corrected chi connectivity index (χ0v) is 23.2. The fraction of sp³-hybridized carbons (Fsp3) is 0.448. The summed E-state index contributed by atoms with van der Waals surface area (Å²) in [5, 5.41) is 11.7. The number of aromatic nitrogens is 4. The highest BCUT2D eigenvalue weighted by Gasteiger charge is 2.50. The van der Waals surface area contributed by atoms with E-state index < -0.39 is 11.3 Å². The van der Waals surface area contributed by atoms with Crippen LogP contribution in [0.2, 0.25) is 0 Å². The number of carbonyl (C=O) groups is 2. The number of aryl methyl sites for hydroxylation is 2. The fourth-order valence-corrected chi connectivity index (χ4v) is 7.13. The lowest BCUT2D eigenvalue weighted by molar-refractivity contribution is -0.123. The highest BCUT2D eigenvalue weighted by Crippen LogP contribution is 2.53. The fourth-order valence-electron chi connectivity index (χ4n) is 5.73. The van der Waals surface area contributed by atoms with Gasteiger partial charge in [0.15, 0.2) is 11.6 Å². The van der Waals surface area contributed by atoms with E-state index in [1.807, 2.05) is 42.2 Å². The number of fused-ring (bicyclic) bond motifs is 5. The van der Waals surface area contributed by atoms with Crippen LogP contribution in [0.3, 0.4) is 0 Å². The number of ketones is 1. The lowest BCUT2D eigenvalue weighted by Crippen LogP contribution is -2.49. The number of likely N-dealkylation sites (tertiary alicyclic amines) is 1. The van der Waals surface area contributed by atoms with Crippen LogP contribution in [0.4, 0.5) is 11.5 Å². The summed E-state index contributed by atoms with van der Waals surface area (Å²) in [5.41, 5.74) is 3.70. The predicted octanol–water partition coefficient (Wildman–Crippen LogP) is 3.94. The van der Waals surface area contributed by atoms with Gasteiger partial charge in [0, 0.05) is 11.1 Å². The molecule has 6 rings (SSSR count). The van der Waals surface area contributed by atoms with Crippen LogP contribution < -0.4 is 10.2 Å². The van der Waals surface area contributed by atoms with Gasteiger partial charge in [-0.2, -0.15) is 5.10 Å². The van der Waals surface area contributed by atoms with E-state index in [0.717, 1.165) is 47.9 Å². The molecule has 3 atom stereocenters. The van der Waals surface area contributed by atoms with Crippen LogP contribution in [0.15, 0.2) is 47.6 Å². The highest BCUT2D eigenvalue weighted by atomic mass is 32.2. The van der Waals surface area contributed by atoms with E-state index in [4.69, 9.17) is 0 Å². The molecule has 1 amide bonds. The molecule has 39 heavy (non-hydrogen) atoms. The first-order valence-corrected chi connectivity index (χ1v) is 14.6. The van der Waals surface area contributed by atoms with Crippen molar-refractivity contribution in [3.05, 3.63) is 65.4 Å². The van der Waals surface area contributed by atoms with E-state index in [-0.39, 0.29) is 18.2 Å². The molecule has 0 bridgehead atoms. The molecule has 3 unspecified atom stereocenters. The van der Waals surface area contributed by atoms with E-state index in [0.29, 0.717) is 23.0 Å². The number of hydrogen-bond donors (Lipinski definition) is 1. The molecule has 10 heteroatoms. The molecule has 2 aromatic heterocycles. The summed E-state index contributed by atoms with van der Waals surface area (Å²) >= 11 is 1.53. The van der Waals surface area contributed by atoms with Crippen LogP contribution in [0.25, 0.3) is 0 Å². The second-order valence-corrected chi connectivity index (χ2v) is 11.9. The zero-order valence-electron chi connectivity index (χ0n) is 22.3. The molecule has 0 saturated carbocycles. The number of amides is 1. The van der Waals surface area contributed by atoms with Crippen LogP contribution >= 0.6 is 11.8 Å². The molecular weight excluding hydrogens is 510 g/mol. The van der Waals surface area contributed by atoms with Gasteiger partial charge < -0.3 is 15.1 Å². The number of hydrogen-bond acceptors (Lipinski definition) is 9. The van der Waals surface area contributed by atoms with Crippen molar-refractivity contribution in [3.63, 3.8) is 0 Å². The molecule has 202 valence electrons. The summed E-state index contributed by atoms with van der Waals surface area (Å²) in [6, 6.07) is 9.84. The molecule has 9 nitrogen and oxygen atoms in total. The number of carbonyl (C=O) groups excluding carboxylic acids is 2. The van der Waals surface area contributed by atoms with Gasteiger partial charge >= 0.3 is 0 Å². The Kier molecular flexibility index (Phi) is 7.31. The summed E-state index contributed by atoms with van der Waals surface area (Å²) < 4.78 is 0. The van der Waals surface area contributed by atoms with E-state index in [2.05, 4.69) is 37.4 Å². The number of rotatable bonds is 6. The minimum Gasteiger partial charge on any atom is -0.350 e. The molecule has 1 saturated heterocycles. The van der Waals surface area contributed by atoms with Gasteiger partial charge in [0.25, 0.3) is 0 Å². The van der Waals surface area contributed by atoms with Crippen LogP contribution in [0.1, 0.15) is 53.1 Å². The Bertz CT molecular complexity index is 1380. The first kappa shape index (κ1) is 25.9. The monoisotopic (exact) mass is 543 g/mol. The Balaban J connectivity index is 1.26. The predicted molar refractivity (Wildman–Crippen MR) is 150 cm³/mol. The third-order valence-electron chi connectivity index (χ3n) is 7.95. The van der Waals surface area contributed by atoms with Crippen LogP contribution in [0.5, 0.6) is 0 Å². The van der Waals surface area contributed by atoms with Crippen molar-refractivity contribution >= 4 is 35.0 Å². The number of nitrogens with one attached hydrogen (secondary N) is 1. The normalized spacial score (nSPS) is 22.6. The molecule has 3 aliphatic rings. The summed E-state index contributed by atoms with van der Waals surface area (Å²) in [7, 11) is 2.19. The Morgan fingerprint density at radius 3 is 2.82 bits per heavy atom. The van der Waals surface area contributed by atoms with Gasteiger partial charge in [0.05, 0.1) is 41.1 Å². The van der Waals surface area contributed by atoms with Gasteiger partial charge in [-0.3, -0.25) is 19.6 Å². The lowest BCUT2D eigenvalue weighted by atomic mass is 9.90. The van der Waals surface area contributed by atoms with Crippen molar-refractivity contribution < 1.29 is 9.59 Å². The first-order chi connectivity index (χ1) is 19.0. The minimum atomic E-state index is -0.886. The van der Waals surface area contributed by atoms with Gasteiger partial charge in [-0.15, -0.1) is 5.10 Å². The quantitative estimate of drug-likeness (QED) is 0.463. The van der Waals surface area contributed by atoms with Gasteiger partial charge in [-0.25, -0.2) is 0 Å². The maximum Gasteiger partial charge on any atom is 0.234 e. The van der Waals surface area contributed by atoms with Gasteiger partial charge in [-0.1, -0.05) is 23.9 Å². The van der Waals surface area contributed by atoms with Gasteiger partial charge in [0.2, 0.25) is 5.91 Å². The second-order valence-electron chi connectivity index (χ2n) is 10.8. The maximum atomic E-state index is 13.9. The number of Topliss-reactive ketones (excluding diaryl/α,β-unsaturated/α-hetero) is 1. The molecular formula is C29H33N7O2S. The summed E-state index contributed by atoms with van der Waals surface area (Å²) in [4.78, 5) is 41.5. The molecule has 5 heterocycles. The van der Waals surface area contributed by atoms with Crippen molar-refractivity contribution in [1.29, 1.82) is 0 Å². The maximum absolute atomic E-state index is 13.9. The average molecular weight is 544 g/mol. The molecule has 3 aromatic rings. The summed E-state index contributed by atoms with van der Waals surface area (Å²) in [5.74, 6) is -0.216. The standard InChI is InChI=1S/C29H33N7O2S/c1-18-15-31-21(16-30-18)17-32-28(38)25-26(37)22-14-20(10-9-19-6-5-12-35(2)13-11-19)33-34-27(22)36-23-7-3-4-8-24(23)39-29(25)36/h3-4,7-8,14-16,19,25,29H,5-6,9-13,17H2,1-2H3,(H,32,38). The SMILES string of the molecule is Cc1cnc(CNC(=O)C2C(=O)c3cc(CCC4CCCN(C)CC4)nnc3N3c4ccccc4SC23)cn1. The van der Waals surface area contributed by atoms with Crippen molar-refractivity contribution in [2.75, 3.05) is 25.0 Å². The van der Waals surface area contributed by atoms with Crippen molar-refractivity contribution in [2.45, 2.75) is 55.8 Å².